The first kappa shape index (κ1) is 23.2. The second-order valence-electron chi connectivity index (χ2n) is 8.87. The highest BCUT2D eigenvalue weighted by Crippen LogP contribution is 2.28. The van der Waals surface area contributed by atoms with Crippen molar-refractivity contribution >= 4 is 22.8 Å². The number of carbonyl (C=O) groups excluding carboxylic acids is 2. The van der Waals surface area contributed by atoms with Crippen LogP contribution in [0.4, 0.5) is 0 Å². The molecule has 7 nitrogen and oxygen atoms in total. The van der Waals surface area contributed by atoms with Crippen LogP contribution in [0.1, 0.15) is 51.7 Å². The van der Waals surface area contributed by atoms with Gasteiger partial charge < -0.3 is 10.2 Å². The number of hydrogen-bond donors (Lipinski definition) is 1. The van der Waals surface area contributed by atoms with Gasteiger partial charge in [0.15, 0.2) is 5.65 Å². The number of carbonyl (C=O) groups is 2. The van der Waals surface area contributed by atoms with Gasteiger partial charge >= 0.3 is 0 Å². The van der Waals surface area contributed by atoms with Crippen LogP contribution in [0, 0.1) is 6.92 Å². The van der Waals surface area contributed by atoms with Crippen molar-refractivity contribution in [1.29, 1.82) is 0 Å². The summed E-state index contributed by atoms with van der Waals surface area (Å²) < 4.78 is 1.84. The number of aromatic nitrogens is 3. The van der Waals surface area contributed by atoms with Crippen molar-refractivity contribution in [2.45, 2.75) is 33.4 Å². The molecule has 0 aliphatic rings. The van der Waals surface area contributed by atoms with Gasteiger partial charge in [0.05, 0.1) is 22.8 Å². The molecular weight excluding hydrogens is 426 g/mol. The van der Waals surface area contributed by atoms with Gasteiger partial charge in [-0.05, 0) is 50.1 Å². The van der Waals surface area contributed by atoms with Gasteiger partial charge in [0, 0.05) is 37.8 Å². The second-order valence-corrected chi connectivity index (χ2v) is 8.87. The summed E-state index contributed by atoms with van der Waals surface area (Å²) in [5, 5.41) is 8.22. The van der Waals surface area contributed by atoms with Crippen molar-refractivity contribution in [3.63, 3.8) is 0 Å². The van der Waals surface area contributed by atoms with E-state index in [-0.39, 0.29) is 17.9 Å². The highest BCUT2D eigenvalue weighted by atomic mass is 16.2. The third kappa shape index (κ3) is 4.55. The van der Waals surface area contributed by atoms with Crippen LogP contribution in [0.25, 0.3) is 22.3 Å². The van der Waals surface area contributed by atoms with E-state index in [4.69, 9.17) is 4.98 Å². The minimum Gasteiger partial charge on any atom is -0.348 e. The summed E-state index contributed by atoms with van der Waals surface area (Å²) in [6.45, 7) is 6.46. The van der Waals surface area contributed by atoms with Crippen LogP contribution in [-0.4, -0.2) is 45.6 Å². The molecule has 174 valence electrons. The zero-order valence-electron chi connectivity index (χ0n) is 20.2. The Bertz CT molecular complexity index is 1350. The maximum Gasteiger partial charge on any atom is 0.253 e. The topological polar surface area (TPSA) is 80.1 Å². The van der Waals surface area contributed by atoms with E-state index in [1.807, 2.05) is 67.9 Å². The second kappa shape index (κ2) is 9.47. The van der Waals surface area contributed by atoms with Gasteiger partial charge in [0.1, 0.15) is 0 Å². The molecule has 7 heteroatoms. The van der Waals surface area contributed by atoms with Gasteiger partial charge in [0.2, 0.25) is 0 Å². The van der Waals surface area contributed by atoms with Crippen molar-refractivity contribution in [2.24, 2.45) is 0 Å². The molecule has 0 spiro atoms. The molecule has 0 saturated carbocycles. The van der Waals surface area contributed by atoms with E-state index in [0.717, 1.165) is 27.8 Å². The summed E-state index contributed by atoms with van der Waals surface area (Å²) in [6, 6.07) is 17.2. The van der Waals surface area contributed by atoms with Crippen molar-refractivity contribution < 1.29 is 9.59 Å². The van der Waals surface area contributed by atoms with Crippen LogP contribution in [0.3, 0.4) is 0 Å². The minimum atomic E-state index is -0.195. The molecule has 0 bridgehead atoms. The maximum atomic E-state index is 13.3. The summed E-state index contributed by atoms with van der Waals surface area (Å²) in [5.41, 5.74) is 5.55. The van der Waals surface area contributed by atoms with E-state index in [2.05, 4.69) is 10.4 Å². The van der Waals surface area contributed by atoms with Crippen LogP contribution < -0.4 is 5.32 Å². The number of nitrogens with one attached hydrogen (secondary N) is 1. The van der Waals surface area contributed by atoms with Gasteiger partial charge in [0.25, 0.3) is 11.8 Å². The third-order valence-corrected chi connectivity index (χ3v) is 5.78. The predicted octanol–water partition coefficient (Wildman–Crippen LogP) is 4.62. The van der Waals surface area contributed by atoms with Gasteiger partial charge in [-0.15, -0.1) is 0 Å². The molecule has 2 amide bonds. The van der Waals surface area contributed by atoms with Crippen molar-refractivity contribution in [3.05, 3.63) is 83.0 Å². The summed E-state index contributed by atoms with van der Waals surface area (Å²) >= 11 is 0. The number of pyridine rings is 1. The van der Waals surface area contributed by atoms with Crippen molar-refractivity contribution in [3.8, 4) is 11.3 Å². The first-order valence-electron chi connectivity index (χ1n) is 11.3. The van der Waals surface area contributed by atoms with Gasteiger partial charge in [-0.2, -0.15) is 5.10 Å². The number of nitrogens with zero attached hydrogens (tertiary/aromatic N) is 4. The highest BCUT2D eigenvalue weighted by molar-refractivity contribution is 6.06. The predicted molar refractivity (Wildman–Crippen MR) is 134 cm³/mol. The minimum absolute atomic E-state index is 0.0549. The monoisotopic (exact) mass is 455 g/mol. The van der Waals surface area contributed by atoms with Crippen molar-refractivity contribution in [2.75, 3.05) is 14.1 Å². The lowest BCUT2D eigenvalue weighted by Crippen LogP contribution is -2.24. The number of amides is 2. The lowest BCUT2D eigenvalue weighted by Gasteiger charge is -2.13. The molecule has 0 unspecified atom stereocenters. The molecule has 4 rings (SSSR count). The van der Waals surface area contributed by atoms with Crippen LogP contribution in [-0.2, 0) is 6.54 Å². The first-order valence-corrected chi connectivity index (χ1v) is 11.3. The van der Waals surface area contributed by atoms with Crippen LogP contribution in [0.2, 0.25) is 0 Å². The molecule has 0 atom stereocenters. The quantitative estimate of drug-likeness (QED) is 0.460. The average molecular weight is 456 g/mol. The van der Waals surface area contributed by atoms with E-state index in [1.54, 1.807) is 32.4 Å². The lowest BCUT2D eigenvalue weighted by atomic mass is 10.0. The number of hydrogen-bond acceptors (Lipinski definition) is 4. The summed E-state index contributed by atoms with van der Waals surface area (Å²) in [7, 11) is 3.44. The fraction of sp³-hybridized carbons (Fsp3) is 0.259. The molecule has 2 aromatic heterocycles. The van der Waals surface area contributed by atoms with Crippen molar-refractivity contribution in [1.82, 2.24) is 25.0 Å². The number of benzene rings is 2. The highest BCUT2D eigenvalue weighted by Gasteiger charge is 2.19. The summed E-state index contributed by atoms with van der Waals surface area (Å²) in [6.07, 6.45) is 1.71. The third-order valence-electron chi connectivity index (χ3n) is 5.78. The first-order chi connectivity index (χ1) is 16.3. The largest absolute Gasteiger partial charge is 0.348 e. The Morgan fingerprint density at radius 2 is 1.76 bits per heavy atom. The number of rotatable bonds is 6. The van der Waals surface area contributed by atoms with Gasteiger partial charge in [-0.3, -0.25) is 9.59 Å². The standard InChI is InChI=1S/C27H29N5O2/c1-17(2)32-25-23(16-29-32)22(14-24(30-25)21-9-7-6-8-18(21)3)26(33)28-15-19-10-12-20(13-11-19)27(34)31(4)5/h6-14,16-17H,15H2,1-5H3,(H,28,33). The molecule has 2 aromatic carbocycles. The molecular formula is C27H29N5O2. The van der Waals surface area contributed by atoms with E-state index < -0.39 is 0 Å². The molecule has 0 radical (unpaired) electrons. The Morgan fingerprint density at radius 1 is 1.06 bits per heavy atom. The maximum absolute atomic E-state index is 13.3. The average Bonchev–Trinajstić information content (AvgIpc) is 3.26. The molecule has 1 N–H and O–H groups in total. The Balaban J connectivity index is 1.65. The molecule has 4 aromatic rings. The van der Waals surface area contributed by atoms with Gasteiger partial charge in [-0.25, -0.2) is 9.67 Å². The zero-order chi connectivity index (χ0) is 24.4. The van der Waals surface area contributed by atoms with E-state index in [1.165, 1.54) is 4.90 Å². The van der Waals surface area contributed by atoms with E-state index >= 15 is 0 Å². The van der Waals surface area contributed by atoms with Crippen LogP contribution >= 0.6 is 0 Å². The number of fused-ring (bicyclic) bond motifs is 1. The fourth-order valence-electron chi connectivity index (χ4n) is 3.88. The Morgan fingerprint density at radius 3 is 2.41 bits per heavy atom. The molecule has 34 heavy (non-hydrogen) atoms. The Labute approximate surface area is 199 Å². The molecule has 2 heterocycles. The number of aryl methyl sites for hydroxylation is 1. The Hall–Kier alpha value is -4.00. The SMILES string of the molecule is Cc1ccccc1-c1cc(C(=O)NCc2ccc(C(=O)N(C)C)cc2)c2cnn(C(C)C)c2n1. The molecule has 0 aliphatic heterocycles. The van der Waals surface area contributed by atoms with Gasteiger partial charge in [-0.1, -0.05) is 36.4 Å². The smallest absolute Gasteiger partial charge is 0.253 e. The summed E-state index contributed by atoms with van der Waals surface area (Å²) in [4.78, 5) is 31.8. The Kier molecular flexibility index (Phi) is 6.45. The molecule has 0 saturated heterocycles. The molecule has 0 fully saturated rings. The summed E-state index contributed by atoms with van der Waals surface area (Å²) in [5.74, 6) is -0.250. The van der Waals surface area contributed by atoms with E-state index in [0.29, 0.717) is 23.3 Å². The van der Waals surface area contributed by atoms with Crippen LogP contribution in [0.15, 0.2) is 60.8 Å². The normalized spacial score (nSPS) is 11.1. The fourth-order valence-corrected chi connectivity index (χ4v) is 3.88. The van der Waals surface area contributed by atoms with E-state index in [9.17, 15) is 9.59 Å². The molecule has 0 aliphatic carbocycles. The van der Waals surface area contributed by atoms with Crippen LogP contribution in [0.5, 0.6) is 0 Å². The lowest BCUT2D eigenvalue weighted by molar-refractivity contribution is 0.0827. The zero-order valence-corrected chi connectivity index (χ0v) is 20.2.